The van der Waals surface area contributed by atoms with Crippen molar-refractivity contribution < 1.29 is 23.9 Å². The minimum Gasteiger partial charge on any atom is -0.495 e. The highest BCUT2D eigenvalue weighted by Gasteiger charge is 2.40. The highest BCUT2D eigenvalue weighted by molar-refractivity contribution is 6.06. The van der Waals surface area contributed by atoms with Gasteiger partial charge in [0.25, 0.3) is 5.91 Å². The molecule has 2 aromatic rings. The fraction of sp³-hybridized carbons (Fsp3) is 0.238. The van der Waals surface area contributed by atoms with Gasteiger partial charge < -0.3 is 9.64 Å². The van der Waals surface area contributed by atoms with Crippen molar-refractivity contribution in [2.45, 2.75) is 25.4 Å². The summed E-state index contributed by atoms with van der Waals surface area (Å²) in [5.41, 5.74) is 3.20. The van der Waals surface area contributed by atoms with Crippen LogP contribution in [-0.2, 0) is 16.1 Å². The maximum absolute atomic E-state index is 13.0. The molecule has 0 bridgehead atoms. The summed E-state index contributed by atoms with van der Waals surface area (Å²) in [6, 6.07) is 9.95. The summed E-state index contributed by atoms with van der Waals surface area (Å²) in [6.07, 6.45) is 1.24. The molecule has 0 saturated carbocycles. The summed E-state index contributed by atoms with van der Waals surface area (Å²) in [5, 5.41) is 2.30. The average molecular weight is 378 g/mol. The van der Waals surface area contributed by atoms with Gasteiger partial charge in [-0.2, -0.15) is 0 Å². The van der Waals surface area contributed by atoms with Gasteiger partial charge in [-0.25, -0.2) is 0 Å². The molecule has 3 amide bonds. The van der Waals surface area contributed by atoms with E-state index in [-0.39, 0.29) is 24.8 Å². The van der Waals surface area contributed by atoms with Gasteiger partial charge in [0, 0.05) is 24.1 Å². The SMILES string of the molecule is COc1c(C=O)cccc1-c1cccc2c1CN(C1CCC(=O)NC1=O)C2=O. The van der Waals surface area contributed by atoms with Crippen LogP contribution < -0.4 is 10.1 Å². The number of amides is 3. The fourth-order valence-electron chi connectivity index (χ4n) is 3.93. The first-order chi connectivity index (χ1) is 13.5. The molecule has 7 nitrogen and oxygen atoms in total. The van der Waals surface area contributed by atoms with Gasteiger partial charge in [-0.1, -0.05) is 24.3 Å². The first kappa shape index (κ1) is 17.9. The molecule has 28 heavy (non-hydrogen) atoms. The number of benzene rings is 2. The Hall–Kier alpha value is -3.48. The minimum absolute atomic E-state index is 0.207. The maximum Gasteiger partial charge on any atom is 0.255 e. The van der Waals surface area contributed by atoms with Gasteiger partial charge in [-0.15, -0.1) is 0 Å². The van der Waals surface area contributed by atoms with Crippen molar-refractivity contribution in [2.75, 3.05) is 7.11 Å². The zero-order chi connectivity index (χ0) is 19.8. The Morgan fingerprint density at radius 1 is 1.07 bits per heavy atom. The van der Waals surface area contributed by atoms with Crippen LogP contribution in [0.5, 0.6) is 5.75 Å². The van der Waals surface area contributed by atoms with Gasteiger partial charge in [0.05, 0.1) is 12.7 Å². The molecule has 2 heterocycles. The van der Waals surface area contributed by atoms with Gasteiger partial charge in [-0.3, -0.25) is 24.5 Å². The van der Waals surface area contributed by atoms with Crippen molar-refractivity contribution in [3.05, 3.63) is 53.1 Å². The number of para-hydroxylation sites is 1. The summed E-state index contributed by atoms with van der Waals surface area (Å²) >= 11 is 0. The number of piperidine rings is 1. The van der Waals surface area contributed by atoms with E-state index in [9.17, 15) is 19.2 Å². The molecule has 4 rings (SSSR count). The lowest BCUT2D eigenvalue weighted by Crippen LogP contribution is -2.52. The van der Waals surface area contributed by atoms with Crippen LogP contribution in [0.1, 0.15) is 39.1 Å². The third-order valence-electron chi connectivity index (χ3n) is 5.25. The largest absolute Gasteiger partial charge is 0.495 e. The van der Waals surface area contributed by atoms with Gasteiger partial charge in [-0.05, 0) is 29.7 Å². The predicted octanol–water partition coefficient (Wildman–Crippen LogP) is 1.94. The van der Waals surface area contributed by atoms with Crippen LogP contribution in [0.15, 0.2) is 36.4 Å². The number of nitrogens with zero attached hydrogens (tertiary/aromatic N) is 1. The molecule has 1 atom stereocenters. The van der Waals surface area contributed by atoms with Gasteiger partial charge in [0.2, 0.25) is 11.8 Å². The lowest BCUT2D eigenvalue weighted by Gasteiger charge is -2.29. The van der Waals surface area contributed by atoms with E-state index in [1.165, 1.54) is 12.0 Å². The van der Waals surface area contributed by atoms with E-state index in [1.807, 2.05) is 12.1 Å². The first-order valence-corrected chi connectivity index (χ1v) is 8.94. The Morgan fingerprint density at radius 2 is 1.79 bits per heavy atom. The zero-order valence-corrected chi connectivity index (χ0v) is 15.2. The Balaban J connectivity index is 1.76. The van der Waals surface area contributed by atoms with Gasteiger partial charge >= 0.3 is 0 Å². The Kier molecular flexibility index (Phi) is 4.43. The van der Waals surface area contributed by atoms with E-state index in [0.717, 1.165) is 17.4 Å². The van der Waals surface area contributed by atoms with Crippen LogP contribution in [0.4, 0.5) is 0 Å². The summed E-state index contributed by atoms with van der Waals surface area (Å²) in [5.74, 6) is -0.560. The van der Waals surface area contributed by atoms with Gasteiger partial charge in [0.1, 0.15) is 11.8 Å². The Labute approximate surface area is 161 Å². The van der Waals surface area contributed by atoms with Crippen LogP contribution in [0, 0.1) is 0 Å². The minimum atomic E-state index is -0.673. The molecule has 0 radical (unpaired) electrons. The standard InChI is InChI=1S/C21H18N2O5/c1-28-19-12(11-24)4-2-6-14(19)13-5-3-7-15-16(13)10-23(21(15)27)17-8-9-18(25)22-20(17)26/h2-7,11,17H,8-10H2,1H3,(H,22,25,26). The number of hydrogen-bond acceptors (Lipinski definition) is 5. The van der Waals surface area contributed by atoms with Crippen molar-refractivity contribution in [2.24, 2.45) is 0 Å². The molecule has 1 fully saturated rings. The second kappa shape index (κ2) is 6.92. The van der Waals surface area contributed by atoms with Crippen molar-refractivity contribution >= 4 is 24.0 Å². The smallest absolute Gasteiger partial charge is 0.255 e. The molecule has 2 aliphatic heterocycles. The van der Waals surface area contributed by atoms with Crippen LogP contribution in [-0.4, -0.2) is 42.1 Å². The van der Waals surface area contributed by atoms with Crippen LogP contribution in [0.3, 0.4) is 0 Å². The quantitative estimate of drug-likeness (QED) is 0.648. The lowest BCUT2D eigenvalue weighted by molar-refractivity contribution is -0.136. The molecule has 1 unspecified atom stereocenters. The van der Waals surface area contributed by atoms with Crippen molar-refractivity contribution in [3.8, 4) is 16.9 Å². The third kappa shape index (κ3) is 2.76. The van der Waals surface area contributed by atoms with Crippen LogP contribution in [0.2, 0.25) is 0 Å². The molecule has 7 heteroatoms. The molecule has 1 saturated heterocycles. The highest BCUT2D eigenvalue weighted by atomic mass is 16.5. The molecule has 0 aromatic heterocycles. The number of imide groups is 1. The Morgan fingerprint density at radius 3 is 2.50 bits per heavy atom. The van der Waals surface area contributed by atoms with E-state index in [4.69, 9.17) is 4.74 Å². The van der Waals surface area contributed by atoms with E-state index in [1.54, 1.807) is 24.3 Å². The molecular weight excluding hydrogens is 360 g/mol. The highest BCUT2D eigenvalue weighted by Crippen LogP contribution is 2.39. The fourth-order valence-corrected chi connectivity index (χ4v) is 3.93. The number of fused-ring (bicyclic) bond motifs is 1. The summed E-state index contributed by atoms with van der Waals surface area (Å²) < 4.78 is 5.45. The Bertz CT molecular complexity index is 1010. The second-order valence-electron chi connectivity index (χ2n) is 6.78. The second-order valence-corrected chi connectivity index (χ2v) is 6.78. The summed E-state index contributed by atoms with van der Waals surface area (Å²) in [6.45, 7) is 0.255. The van der Waals surface area contributed by atoms with Crippen molar-refractivity contribution in [1.82, 2.24) is 10.2 Å². The monoisotopic (exact) mass is 378 g/mol. The molecule has 1 N–H and O–H groups in total. The first-order valence-electron chi connectivity index (χ1n) is 8.94. The van der Waals surface area contributed by atoms with E-state index >= 15 is 0 Å². The molecular formula is C21H18N2O5. The number of hydrogen-bond donors (Lipinski definition) is 1. The third-order valence-corrected chi connectivity index (χ3v) is 5.25. The van der Waals surface area contributed by atoms with E-state index < -0.39 is 11.9 Å². The number of carbonyl (C=O) groups excluding carboxylic acids is 4. The molecule has 2 aliphatic rings. The topological polar surface area (TPSA) is 92.8 Å². The van der Waals surface area contributed by atoms with Crippen molar-refractivity contribution in [3.63, 3.8) is 0 Å². The predicted molar refractivity (Wildman–Crippen MR) is 99.9 cm³/mol. The molecule has 0 spiro atoms. The van der Waals surface area contributed by atoms with Crippen LogP contribution >= 0.6 is 0 Å². The maximum atomic E-state index is 13.0. The number of rotatable bonds is 4. The number of ether oxygens (including phenoxy) is 1. The number of aldehydes is 1. The van der Waals surface area contributed by atoms with E-state index in [0.29, 0.717) is 28.9 Å². The van der Waals surface area contributed by atoms with Crippen molar-refractivity contribution in [1.29, 1.82) is 0 Å². The molecule has 2 aromatic carbocycles. The molecule has 0 aliphatic carbocycles. The summed E-state index contributed by atoms with van der Waals surface area (Å²) in [7, 11) is 1.50. The number of nitrogens with one attached hydrogen (secondary N) is 1. The zero-order valence-electron chi connectivity index (χ0n) is 15.2. The molecule has 142 valence electrons. The van der Waals surface area contributed by atoms with E-state index in [2.05, 4.69) is 5.32 Å². The normalized spacial score (nSPS) is 18.7. The van der Waals surface area contributed by atoms with Gasteiger partial charge in [0.15, 0.2) is 6.29 Å². The number of methoxy groups -OCH3 is 1. The van der Waals surface area contributed by atoms with Crippen LogP contribution in [0.25, 0.3) is 11.1 Å². The number of carbonyl (C=O) groups is 4. The lowest BCUT2D eigenvalue weighted by atomic mass is 9.95. The average Bonchev–Trinajstić information content (AvgIpc) is 3.04. The summed E-state index contributed by atoms with van der Waals surface area (Å²) in [4.78, 5) is 49.5.